The van der Waals surface area contributed by atoms with Crippen LogP contribution in [0, 0.1) is 12.7 Å². The zero-order valence-corrected chi connectivity index (χ0v) is 14.5. The zero-order chi connectivity index (χ0) is 17.6. The minimum absolute atomic E-state index is 0.191. The molecule has 1 aromatic carbocycles. The van der Waals surface area contributed by atoms with Crippen LogP contribution in [0.1, 0.15) is 42.5 Å². The SMILES string of the molecule is Cc1ccc(-c2noc([C@H](C)Sc3n[nH]c(=O)n3C3CC3)n2)cc1F. The van der Waals surface area contributed by atoms with Gasteiger partial charge in [-0.2, -0.15) is 4.98 Å². The maximum Gasteiger partial charge on any atom is 0.344 e. The van der Waals surface area contributed by atoms with E-state index in [2.05, 4.69) is 20.3 Å². The van der Waals surface area contributed by atoms with Crippen LogP contribution in [0.5, 0.6) is 0 Å². The van der Waals surface area contributed by atoms with Crippen LogP contribution in [0.15, 0.2) is 32.7 Å². The minimum Gasteiger partial charge on any atom is -0.338 e. The monoisotopic (exact) mass is 361 g/mol. The van der Waals surface area contributed by atoms with Crippen molar-refractivity contribution >= 4 is 11.8 Å². The summed E-state index contributed by atoms with van der Waals surface area (Å²) in [5.41, 5.74) is 0.927. The first-order valence-corrected chi connectivity index (χ1v) is 8.84. The van der Waals surface area contributed by atoms with E-state index in [1.165, 1.54) is 17.8 Å². The number of hydrogen-bond donors (Lipinski definition) is 1. The Morgan fingerprint density at radius 2 is 2.24 bits per heavy atom. The van der Waals surface area contributed by atoms with Gasteiger partial charge in [0.05, 0.1) is 5.25 Å². The van der Waals surface area contributed by atoms with E-state index in [-0.39, 0.29) is 22.8 Å². The third-order valence-electron chi connectivity index (χ3n) is 4.09. The van der Waals surface area contributed by atoms with Crippen LogP contribution in [0.4, 0.5) is 4.39 Å². The Bertz CT molecular complexity index is 975. The van der Waals surface area contributed by atoms with E-state index < -0.39 is 0 Å². The van der Waals surface area contributed by atoms with Crippen LogP contribution < -0.4 is 5.69 Å². The standard InChI is InChI=1S/C16H16FN5O2S/c1-8-3-4-10(7-12(8)17)13-18-14(24-21-13)9(2)25-16-20-19-15(23)22(16)11-5-6-11/h3-4,7,9,11H,5-6H2,1-2H3,(H,19,23)/t9-/m0/s1. The Labute approximate surface area is 146 Å². The molecule has 0 bridgehead atoms. The Balaban J connectivity index is 1.55. The summed E-state index contributed by atoms with van der Waals surface area (Å²) >= 11 is 1.38. The molecule has 1 saturated carbocycles. The Morgan fingerprint density at radius 3 is 2.96 bits per heavy atom. The number of H-pyrrole nitrogens is 1. The average Bonchev–Trinajstić information content (AvgIpc) is 3.17. The fraction of sp³-hybridized carbons (Fsp3) is 0.375. The molecule has 0 unspecified atom stereocenters. The van der Waals surface area contributed by atoms with E-state index in [0.29, 0.717) is 28.0 Å². The van der Waals surface area contributed by atoms with Crippen molar-refractivity contribution in [2.75, 3.05) is 0 Å². The molecule has 2 heterocycles. The third kappa shape index (κ3) is 3.11. The highest BCUT2D eigenvalue weighted by Gasteiger charge is 2.30. The number of rotatable bonds is 5. The summed E-state index contributed by atoms with van der Waals surface area (Å²) in [5.74, 6) is 0.429. The lowest BCUT2D eigenvalue weighted by Crippen LogP contribution is -2.16. The number of aromatic amines is 1. The minimum atomic E-state index is -0.309. The van der Waals surface area contributed by atoms with Crippen molar-refractivity contribution in [2.24, 2.45) is 0 Å². The molecule has 2 aromatic heterocycles. The molecule has 9 heteroatoms. The van der Waals surface area contributed by atoms with E-state index in [1.807, 2.05) is 6.92 Å². The molecule has 1 N–H and O–H groups in total. The first-order valence-electron chi connectivity index (χ1n) is 7.96. The van der Waals surface area contributed by atoms with Crippen molar-refractivity contribution in [2.45, 2.75) is 43.1 Å². The van der Waals surface area contributed by atoms with Gasteiger partial charge in [0.15, 0.2) is 5.16 Å². The summed E-state index contributed by atoms with van der Waals surface area (Å²) in [4.78, 5) is 16.2. The van der Waals surface area contributed by atoms with Crippen LogP contribution in [-0.4, -0.2) is 24.9 Å². The fourth-order valence-electron chi connectivity index (χ4n) is 2.49. The maximum absolute atomic E-state index is 13.7. The molecule has 0 amide bonds. The quantitative estimate of drug-likeness (QED) is 0.702. The van der Waals surface area contributed by atoms with Crippen LogP contribution in [0.2, 0.25) is 0 Å². The molecule has 130 valence electrons. The van der Waals surface area contributed by atoms with Gasteiger partial charge in [-0.25, -0.2) is 14.3 Å². The number of thioether (sulfide) groups is 1. The predicted molar refractivity (Wildman–Crippen MR) is 89.8 cm³/mol. The number of benzene rings is 1. The molecule has 1 aliphatic rings. The van der Waals surface area contributed by atoms with Gasteiger partial charge in [-0.1, -0.05) is 29.1 Å². The van der Waals surface area contributed by atoms with Gasteiger partial charge in [0.25, 0.3) is 0 Å². The van der Waals surface area contributed by atoms with Gasteiger partial charge in [0.2, 0.25) is 11.7 Å². The lowest BCUT2D eigenvalue weighted by Gasteiger charge is -2.06. The molecule has 1 aliphatic carbocycles. The number of nitrogens with one attached hydrogen (secondary N) is 1. The van der Waals surface area contributed by atoms with E-state index >= 15 is 0 Å². The first-order chi connectivity index (χ1) is 12.0. The Hall–Kier alpha value is -2.42. The van der Waals surface area contributed by atoms with Crippen molar-refractivity contribution in [3.8, 4) is 11.4 Å². The van der Waals surface area contributed by atoms with Crippen LogP contribution in [0.3, 0.4) is 0 Å². The van der Waals surface area contributed by atoms with Gasteiger partial charge in [-0.3, -0.25) is 4.57 Å². The van der Waals surface area contributed by atoms with Crippen molar-refractivity contribution in [1.82, 2.24) is 24.9 Å². The highest BCUT2D eigenvalue weighted by atomic mass is 32.2. The number of aromatic nitrogens is 5. The highest BCUT2D eigenvalue weighted by molar-refractivity contribution is 7.99. The second-order valence-corrected chi connectivity index (χ2v) is 7.40. The van der Waals surface area contributed by atoms with Gasteiger partial charge in [0.1, 0.15) is 5.82 Å². The third-order valence-corrected chi connectivity index (χ3v) is 5.14. The van der Waals surface area contributed by atoms with Gasteiger partial charge in [0, 0.05) is 11.6 Å². The topological polar surface area (TPSA) is 89.6 Å². The van der Waals surface area contributed by atoms with Crippen molar-refractivity contribution in [1.29, 1.82) is 0 Å². The van der Waals surface area contributed by atoms with Crippen LogP contribution in [0.25, 0.3) is 11.4 Å². The van der Waals surface area contributed by atoms with Crippen molar-refractivity contribution in [3.05, 3.63) is 46.0 Å². The Kier molecular flexibility index (Phi) is 3.95. The van der Waals surface area contributed by atoms with Crippen molar-refractivity contribution < 1.29 is 8.91 Å². The summed E-state index contributed by atoms with van der Waals surface area (Å²) in [7, 11) is 0. The highest BCUT2D eigenvalue weighted by Crippen LogP contribution is 2.39. The van der Waals surface area contributed by atoms with Gasteiger partial charge < -0.3 is 4.52 Å². The molecular weight excluding hydrogens is 345 g/mol. The summed E-state index contributed by atoms with van der Waals surface area (Å²) < 4.78 is 20.7. The predicted octanol–water partition coefficient (Wildman–Crippen LogP) is 3.26. The molecule has 4 rings (SSSR count). The van der Waals surface area contributed by atoms with E-state index in [0.717, 1.165) is 12.8 Å². The van der Waals surface area contributed by atoms with E-state index in [1.54, 1.807) is 23.6 Å². The molecule has 0 spiro atoms. The number of halogens is 1. The van der Waals surface area contributed by atoms with E-state index in [4.69, 9.17) is 4.52 Å². The summed E-state index contributed by atoms with van der Waals surface area (Å²) in [6.45, 7) is 3.59. The van der Waals surface area contributed by atoms with Gasteiger partial charge in [-0.15, -0.1) is 5.10 Å². The molecule has 7 nitrogen and oxygen atoms in total. The summed E-state index contributed by atoms with van der Waals surface area (Å²) in [5, 5.41) is 10.9. The second-order valence-electron chi connectivity index (χ2n) is 6.09. The molecule has 3 aromatic rings. The number of hydrogen-bond acceptors (Lipinski definition) is 6. The van der Waals surface area contributed by atoms with Crippen LogP contribution in [-0.2, 0) is 0 Å². The lowest BCUT2D eigenvalue weighted by atomic mass is 10.1. The smallest absolute Gasteiger partial charge is 0.338 e. The Morgan fingerprint density at radius 1 is 1.44 bits per heavy atom. The molecule has 0 radical (unpaired) electrons. The van der Waals surface area contributed by atoms with Gasteiger partial charge in [-0.05, 0) is 38.3 Å². The fourth-order valence-corrected chi connectivity index (χ4v) is 3.44. The molecule has 1 fully saturated rings. The number of nitrogens with zero attached hydrogens (tertiary/aromatic N) is 4. The van der Waals surface area contributed by atoms with E-state index in [9.17, 15) is 9.18 Å². The number of aryl methyl sites for hydroxylation is 1. The van der Waals surface area contributed by atoms with Crippen molar-refractivity contribution in [3.63, 3.8) is 0 Å². The molecule has 1 atom stereocenters. The molecular formula is C16H16FN5O2S. The average molecular weight is 361 g/mol. The molecule has 25 heavy (non-hydrogen) atoms. The summed E-state index contributed by atoms with van der Waals surface area (Å²) in [6, 6.07) is 5.05. The molecule has 0 aliphatic heterocycles. The normalized spacial score (nSPS) is 15.5. The maximum atomic E-state index is 13.7. The van der Waals surface area contributed by atoms with Crippen LogP contribution >= 0.6 is 11.8 Å². The zero-order valence-electron chi connectivity index (χ0n) is 13.7. The lowest BCUT2D eigenvalue weighted by molar-refractivity contribution is 0.380. The van der Waals surface area contributed by atoms with Gasteiger partial charge >= 0.3 is 5.69 Å². The second kappa shape index (κ2) is 6.14. The molecule has 0 saturated heterocycles. The largest absolute Gasteiger partial charge is 0.344 e. The first kappa shape index (κ1) is 16.1. The summed E-state index contributed by atoms with van der Waals surface area (Å²) in [6.07, 6.45) is 1.98.